The number of anilines is 1. The lowest BCUT2D eigenvalue weighted by atomic mass is 10.1. The van der Waals surface area contributed by atoms with Crippen molar-refractivity contribution in [2.24, 2.45) is 0 Å². The summed E-state index contributed by atoms with van der Waals surface area (Å²) in [6, 6.07) is 11.6. The van der Waals surface area contributed by atoms with E-state index >= 15 is 0 Å². The smallest absolute Gasteiger partial charge is 0.0635 e. The molecule has 2 aromatic rings. The van der Waals surface area contributed by atoms with Crippen molar-refractivity contribution in [1.29, 1.82) is 5.26 Å². The molecule has 0 aliphatic rings. The summed E-state index contributed by atoms with van der Waals surface area (Å²) in [6.45, 7) is 2.05. The average Bonchev–Trinajstić information content (AvgIpc) is 2.49. The summed E-state index contributed by atoms with van der Waals surface area (Å²) in [7, 11) is 0. The topological polar surface area (TPSA) is 65.9 Å². The Morgan fingerprint density at radius 1 is 1.29 bits per heavy atom. The predicted octanol–water partition coefficient (Wildman–Crippen LogP) is 3.23. The molecule has 0 atom stereocenters. The van der Waals surface area contributed by atoms with Crippen molar-refractivity contribution in [3.05, 3.63) is 58.9 Å². The fourth-order valence-electron chi connectivity index (χ4n) is 2.13. The van der Waals surface area contributed by atoms with Gasteiger partial charge in [-0.25, -0.2) is 0 Å². The molecule has 0 saturated carbocycles. The number of rotatable bonds is 6. The van der Waals surface area contributed by atoms with E-state index in [2.05, 4.69) is 16.0 Å². The maximum Gasteiger partial charge on any atom is 0.0635 e. The molecule has 1 aromatic heterocycles. The highest BCUT2D eigenvalue weighted by Crippen LogP contribution is 2.21. The highest BCUT2D eigenvalue weighted by molar-refractivity contribution is 6.31. The first-order valence-electron chi connectivity index (χ1n) is 6.71. The van der Waals surface area contributed by atoms with Crippen molar-refractivity contribution in [3.8, 4) is 6.07 Å². The quantitative estimate of drug-likeness (QED) is 0.832. The first-order chi connectivity index (χ1) is 10.2. The molecular formula is C16H17ClN4. The summed E-state index contributed by atoms with van der Waals surface area (Å²) in [5.74, 6) is 0. The van der Waals surface area contributed by atoms with E-state index in [1.807, 2.05) is 24.4 Å². The molecule has 0 amide bonds. The molecule has 0 saturated heterocycles. The van der Waals surface area contributed by atoms with E-state index in [0.29, 0.717) is 30.2 Å². The number of hydrogen-bond acceptors (Lipinski definition) is 4. The van der Waals surface area contributed by atoms with E-state index in [4.69, 9.17) is 22.6 Å². The van der Waals surface area contributed by atoms with Crippen molar-refractivity contribution < 1.29 is 0 Å². The second kappa shape index (κ2) is 7.63. The predicted molar refractivity (Wildman–Crippen MR) is 84.4 cm³/mol. The second-order valence-electron chi connectivity index (χ2n) is 4.83. The lowest BCUT2D eigenvalue weighted by Crippen LogP contribution is -2.24. The molecule has 0 fully saturated rings. The van der Waals surface area contributed by atoms with Gasteiger partial charge in [-0.05, 0) is 35.4 Å². The van der Waals surface area contributed by atoms with Crippen molar-refractivity contribution in [1.82, 2.24) is 9.88 Å². The van der Waals surface area contributed by atoms with Gasteiger partial charge in [-0.1, -0.05) is 17.7 Å². The number of aromatic nitrogens is 1. The van der Waals surface area contributed by atoms with Gasteiger partial charge >= 0.3 is 0 Å². The molecule has 0 unspecified atom stereocenters. The van der Waals surface area contributed by atoms with Gasteiger partial charge in [-0.3, -0.25) is 9.88 Å². The van der Waals surface area contributed by atoms with E-state index in [0.717, 1.165) is 17.7 Å². The Bertz CT molecular complexity index is 622. The lowest BCUT2D eigenvalue weighted by Gasteiger charge is -2.22. The van der Waals surface area contributed by atoms with Crippen LogP contribution in [0, 0.1) is 11.3 Å². The Morgan fingerprint density at radius 2 is 2.14 bits per heavy atom. The zero-order valence-electron chi connectivity index (χ0n) is 11.7. The van der Waals surface area contributed by atoms with Crippen LogP contribution < -0.4 is 5.73 Å². The largest absolute Gasteiger partial charge is 0.399 e. The summed E-state index contributed by atoms with van der Waals surface area (Å²) < 4.78 is 0. The third-order valence-corrected chi connectivity index (χ3v) is 3.50. The minimum Gasteiger partial charge on any atom is -0.399 e. The molecule has 2 rings (SSSR count). The van der Waals surface area contributed by atoms with Crippen LogP contribution in [0.5, 0.6) is 0 Å². The molecule has 0 aliphatic carbocycles. The van der Waals surface area contributed by atoms with Gasteiger partial charge in [0.15, 0.2) is 0 Å². The van der Waals surface area contributed by atoms with Crippen LogP contribution in [0.2, 0.25) is 5.02 Å². The molecule has 5 heteroatoms. The van der Waals surface area contributed by atoms with E-state index in [-0.39, 0.29) is 0 Å². The highest BCUT2D eigenvalue weighted by Gasteiger charge is 2.10. The van der Waals surface area contributed by atoms with Crippen molar-refractivity contribution in [2.45, 2.75) is 19.5 Å². The molecule has 1 heterocycles. The van der Waals surface area contributed by atoms with Gasteiger partial charge in [0.1, 0.15) is 0 Å². The molecule has 21 heavy (non-hydrogen) atoms. The number of hydrogen-bond donors (Lipinski definition) is 1. The van der Waals surface area contributed by atoms with Crippen LogP contribution >= 0.6 is 11.6 Å². The Morgan fingerprint density at radius 3 is 2.86 bits per heavy atom. The summed E-state index contributed by atoms with van der Waals surface area (Å²) in [4.78, 5) is 6.29. The van der Waals surface area contributed by atoms with E-state index in [1.54, 1.807) is 18.3 Å². The monoisotopic (exact) mass is 300 g/mol. The molecular weight excluding hydrogens is 284 g/mol. The van der Waals surface area contributed by atoms with E-state index in [9.17, 15) is 0 Å². The van der Waals surface area contributed by atoms with Gasteiger partial charge < -0.3 is 5.73 Å². The van der Waals surface area contributed by atoms with Crippen LogP contribution in [-0.4, -0.2) is 16.4 Å². The van der Waals surface area contributed by atoms with E-state index < -0.39 is 0 Å². The minimum atomic E-state index is 0.472. The fraction of sp³-hybridized carbons (Fsp3) is 0.250. The van der Waals surface area contributed by atoms with Crippen LogP contribution in [0.15, 0.2) is 42.7 Å². The third-order valence-electron chi connectivity index (χ3n) is 3.13. The highest BCUT2D eigenvalue weighted by atomic mass is 35.5. The van der Waals surface area contributed by atoms with Crippen molar-refractivity contribution in [3.63, 3.8) is 0 Å². The van der Waals surface area contributed by atoms with Gasteiger partial charge in [-0.15, -0.1) is 0 Å². The number of benzene rings is 1. The normalized spacial score (nSPS) is 10.5. The molecule has 0 spiro atoms. The molecule has 2 N–H and O–H groups in total. The number of pyridine rings is 1. The van der Waals surface area contributed by atoms with Crippen molar-refractivity contribution in [2.75, 3.05) is 12.3 Å². The average molecular weight is 301 g/mol. The van der Waals surface area contributed by atoms with Crippen LogP contribution in [0.4, 0.5) is 5.69 Å². The fourth-order valence-corrected chi connectivity index (χ4v) is 2.31. The zero-order valence-corrected chi connectivity index (χ0v) is 12.4. The zero-order chi connectivity index (χ0) is 15.1. The number of nitrogen functional groups attached to an aromatic ring is 1. The Balaban J connectivity index is 2.12. The Hall–Kier alpha value is -2.09. The van der Waals surface area contributed by atoms with Gasteiger partial charge in [0.2, 0.25) is 0 Å². The first kappa shape index (κ1) is 15.3. The lowest BCUT2D eigenvalue weighted by molar-refractivity contribution is 0.262. The molecule has 1 aromatic carbocycles. The minimum absolute atomic E-state index is 0.472. The maximum absolute atomic E-state index is 8.81. The summed E-state index contributed by atoms with van der Waals surface area (Å²) in [6.07, 6.45) is 4.05. The van der Waals surface area contributed by atoms with Crippen LogP contribution in [-0.2, 0) is 13.1 Å². The SMILES string of the molecule is N#CCCN(Cc1cccnc1)Cc1cc(N)ccc1Cl. The second-order valence-corrected chi connectivity index (χ2v) is 5.24. The van der Waals surface area contributed by atoms with E-state index in [1.165, 1.54) is 0 Å². The van der Waals surface area contributed by atoms with Crippen LogP contribution in [0.25, 0.3) is 0 Å². The molecule has 0 aliphatic heterocycles. The number of nitrogens with zero attached hydrogens (tertiary/aromatic N) is 3. The molecule has 4 nitrogen and oxygen atoms in total. The number of nitrogens with two attached hydrogens (primary N) is 1. The summed E-state index contributed by atoms with van der Waals surface area (Å²) >= 11 is 6.22. The third kappa shape index (κ3) is 4.75. The summed E-state index contributed by atoms with van der Waals surface area (Å²) in [5.41, 5.74) is 8.58. The van der Waals surface area contributed by atoms with Crippen molar-refractivity contribution >= 4 is 17.3 Å². The summed E-state index contributed by atoms with van der Waals surface area (Å²) in [5, 5.41) is 9.50. The van der Waals surface area contributed by atoms with Gasteiger partial charge in [0.25, 0.3) is 0 Å². The molecule has 108 valence electrons. The van der Waals surface area contributed by atoms with Gasteiger partial charge in [-0.2, -0.15) is 5.26 Å². The number of halogens is 1. The standard InChI is InChI=1S/C16H17ClN4/c17-16-5-4-15(19)9-14(16)12-21(8-2-6-18)11-13-3-1-7-20-10-13/h1,3-5,7,9-10H,2,8,11-12,19H2. The Kier molecular flexibility index (Phi) is 5.56. The molecule has 0 bridgehead atoms. The number of nitriles is 1. The van der Waals surface area contributed by atoms with Crippen LogP contribution in [0.3, 0.4) is 0 Å². The van der Waals surface area contributed by atoms with Gasteiger partial charge in [0.05, 0.1) is 6.07 Å². The Labute approximate surface area is 129 Å². The first-order valence-corrected chi connectivity index (χ1v) is 7.09. The molecule has 0 radical (unpaired) electrons. The van der Waals surface area contributed by atoms with Gasteiger partial charge in [0, 0.05) is 49.2 Å². The van der Waals surface area contributed by atoms with Crippen LogP contribution in [0.1, 0.15) is 17.5 Å². The maximum atomic E-state index is 8.81.